The van der Waals surface area contributed by atoms with Gasteiger partial charge >= 0.3 is 0 Å². The molecule has 1 N–H and O–H groups in total. The van der Waals surface area contributed by atoms with Gasteiger partial charge < -0.3 is 23.8 Å². The van der Waals surface area contributed by atoms with Gasteiger partial charge in [0, 0.05) is 30.9 Å². The van der Waals surface area contributed by atoms with Gasteiger partial charge in [-0.1, -0.05) is 18.2 Å². The van der Waals surface area contributed by atoms with Gasteiger partial charge in [0.15, 0.2) is 6.29 Å². The maximum atomic E-state index is 13.4. The largest absolute Gasteiger partial charge is 0.496 e. The first kappa shape index (κ1) is 21.9. The molecular formula is C24H27N3O5. The number of para-hydroxylation sites is 1. The monoisotopic (exact) mass is 437 g/mol. The zero-order valence-electron chi connectivity index (χ0n) is 18.6. The molecule has 8 nitrogen and oxygen atoms in total. The third-order valence-corrected chi connectivity index (χ3v) is 5.61. The van der Waals surface area contributed by atoms with Crippen LogP contribution in [0.15, 0.2) is 48.5 Å². The van der Waals surface area contributed by atoms with Crippen LogP contribution in [0.5, 0.6) is 11.5 Å². The van der Waals surface area contributed by atoms with E-state index in [2.05, 4.69) is 10.2 Å². The standard InChI is InChI=1S/C24H27N3O5/c1-5-32-16-12-10-15(11-13-16)21-20-22(26-25-21)24(28)27(14-19(30-3)31-4)23(20)17-8-6-7-9-18(17)29-2/h6-13,19,23H,5,14H2,1-4H3,(H,25,26). The highest BCUT2D eigenvalue weighted by Gasteiger charge is 2.44. The lowest BCUT2D eigenvalue weighted by Gasteiger charge is -2.29. The summed E-state index contributed by atoms with van der Waals surface area (Å²) in [5, 5.41) is 7.46. The van der Waals surface area contributed by atoms with Crippen molar-refractivity contribution in [3.63, 3.8) is 0 Å². The number of H-pyrrole nitrogens is 1. The molecular weight excluding hydrogens is 410 g/mol. The predicted molar refractivity (Wildman–Crippen MR) is 119 cm³/mol. The zero-order chi connectivity index (χ0) is 22.7. The molecule has 0 saturated heterocycles. The first-order valence-corrected chi connectivity index (χ1v) is 10.4. The van der Waals surface area contributed by atoms with Gasteiger partial charge in [0.25, 0.3) is 5.91 Å². The summed E-state index contributed by atoms with van der Waals surface area (Å²) in [5.74, 6) is 1.30. The molecule has 1 amide bonds. The van der Waals surface area contributed by atoms with Crippen LogP contribution in [0.2, 0.25) is 0 Å². The maximum Gasteiger partial charge on any atom is 0.273 e. The molecule has 1 atom stereocenters. The molecule has 2 aromatic carbocycles. The number of carbonyl (C=O) groups is 1. The Morgan fingerprint density at radius 1 is 1.06 bits per heavy atom. The number of rotatable bonds is 9. The zero-order valence-corrected chi connectivity index (χ0v) is 18.6. The Bertz CT molecular complexity index is 1080. The van der Waals surface area contributed by atoms with Gasteiger partial charge in [0.05, 0.1) is 32.0 Å². The summed E-state index contributed by atoms with van der Waals surface area (Å²) in [6, 6.07) is 15.0. The van der Waals surface area contributed by atoms with Crippen molar-refractivity contribution in [3.8, 4) is 22.8 Å². The summed E-state index contributed by atoms with van der Waals surface area (Å²) >= 11 is 0. The summed E-state index contributed by atoms with van der Waals surface area (Å²) in [6.07, 6.45) is -0.568. The van der Waals surface area contributed by atoms with Crippen LogP contribution in [0.1, 0.15) is 34.6 Å². The molecule has 2 heterocycles. The number of aromatic amines is 1. The Kier molecular flexibility index (Phi) is 6.43. The minimum Gasteiger partial charge on any atom is -0.496 e. The molecule has 0 fully saturated rings. The third-order valence-electron chi connectivity index (χ3n) is 5.61. The molecule has 8 heteroatoms. The van der Waals surface area contributed by atoms with Crippen molar-refractivity contribution in [2.45, 2.75) is 19.3 Å². The highest BCUT2D eigenvalue weighted by Crippen LogP contribution is 2.45. The van der Waals surface area contributed by atoms with E-state index >= 15 is 0 Å². The lowest BCUT2D eigenvalue weighted by Crippen LogP contribution is -2.38. The van der Waals surface area contributed by atoms with Gasteiger partial charge in [-0.25, -0.2) is 0 Å². The minimum absolute atomic E-state index is 0.167. The van der Waals surface area contributed by atoms with Crippen molar-refractivity contribution in [1.82, 2.24) is 15.1 Å². The maximum absolute atomic E-state index is 13.4. The van der Waals surface area contributed by atoms with E-state index < -0.39 is 12.3 Å². The van der Waals surface area contributed by atoms with Crippen LogP contribution in [-0.2, 0) is 9.47 Å². The van der Waals surface area contributed by atoms with Crippen LogP contribution in [0.4, 0.5) is 0 Å². The topological polar surface area (TPSA) is 85.9 Å². The molecule has 0 spiro atoms. The minimum atomic E-state index is -0.568. The van der Waals surface area contributed by atoms with Gasteiger partial charge in [-0.15, -0.1) is 0 Å². The summed E-state index contributed by atoms with van der Waals surface area (Å²) in [7, 11) is 4.73. The first-order chi connectivity index (χ1) is 15.6. The van der Waals surface area contributed by atoms with Crippen molar-refractivity contribution < 1.29 is 23.7 Å². The number of nitrogens with zero attached hydrogens (tertiary/aromatic N) is 2. The smallest absolute Gasteiger partial charge is 0.273 e. The van der Waals surface area contributed by atoms with E-state index in [1.165, 1.54) is 0 Å². The number of benzene rings is 2. The molecule has 0 aliphatic carbocycles. The highest BCUT2D eigenvalue weighted by atomic mass is 16.7. The van der Waals surface area contributed by atoms with E-state index in [0.29, 0.717) is 23.7 Å². The number of methoxy groups -OCH3 is 3. The van der Waals surface area contributed by atoms with Crippen LogP contribution in [-0.4, -0.2) is 61.8 Å². The van der Waals surface area contributed by atoms with Crippen molar-refractivity contribution in [2.24, 2.45) is 0 Å². The molecule has 0 saturated carbocycles. The number of amides is 1. The van der Waals surface area contributed by atoms with Crippen LogP contribution in [0.3, 0.4) is 0 Å². The van der Waals surface area contributed by atoms with E-state index in [1.807, 2.05) is 55.5 Å². The van der Waals surface area contributed by atoms with Crippen LogP contribution in [0, 0.1) is 0 Å². The van der Waals surface area contributed by atoms with Crippen molar-refractivity contribution in [2.75, 3.05) is 34.5 Å². The average molecular weight is 437 g/mol. The Balaban J connectivity index is 1.83. The van der Waals surface area contributed by atoms with Gasteiger partial charge in [-0.2, -0.15) is 5.10 Å². The number of hydrogen-bond acceptors (Lipinski definition) is 6. The highest BCUT2D eigenvalue weighted by molar-refractivity contribution is 6.00. The molecule has 3 aromatic rings. The Labute approximate surface area is 187 Å². The molecule has 168 valence electrons. The van der Waals surface area contributed by atoms with Crippen molar-refractivity contribution >= 4 is 5.91 Å². The van der Waals surface area contributed by atoms with E-state index in [-0.39, 0.29) is 12.5 Å². The van der Waals surface area contributed by atoms with Crippen LogP contribution in [0.25, 0.3) is 11.3 Å². The summed E-state index contributed by atoms with van der Waals surface area (Å²) in [4.78, 5) is 15.1. The molecule has 1 unspecified atom stereocenters. The fraction of sp³-hybridized carbons (Fsp3) is 0.333. The molecule has 4 rings (SSSR count). The lowest BCUT2D eigenvalue weighted by molar-refractivity contribution is -0.113. The number of hydrogen-bond donors (Lipinski definition) is 1. The van der Waals surface area contributed by atoms with Crippen LogP contribution >= 0.6 is 0 Å². The number of aromatic nitrogens is 2. The van der Waals surface area contributed by atoms with Crippen molar-refractivity contribution in [3.05, 3.63) is 65.4 Å². The molecule has 1 aromatic heterocycles. The van der Waals surface area contributed by atoms with Crippen molar-refractivity contribution in [1.29, 1.82) is 0 Å². The molecule has 0 radical (unpaired) electrons. The van der Waals surface area contributed by atoms with Gasteiger partial charge in [-0.05, 0) is 37.3 Å². The summed E-state index contributed by atoms with van der Waals surface area (Å²) in [6.45, 7) is 2.79. The van der Waals surface area contributed by atoms with Gasteiger partial charge in [-0.3, -0.25) is 9.89 Å². The summed E-state index contributed by atoms with van der Waals surface area (Å²) < 4.78 is 22.0. The Morgan fingerprint density at radius 3 is 2.44 bits per heavy atom. The Morgan fingerprint density at radius 2 is 1.78 bits per heavy atom. The second kappa shape index (κ2) is 9.42. The SMILES string of the molecule is CCOc1ccc(-c2n[nH]c3c2C(c2ccccc2OC)N(CC(OC)OC)C3=O)cc1. The molecule has 0 bridgehead atoms. The number of nitrogens with one attached hydrogen (secondary N) is 1. The Hall–Kier alpha value is -3.36. The van der Waals surface area contributed by atoms with E-state index in [9.17, 15) is 4.79 Å². The number of fused-ring (bicyclic) bond motifs is 1. The predicted octanol–water partition coefficient (Wildman–Crippen LogP) is 3.65. The van der Waals surface area contributed by atoms with E-state index in [0.717, 1.165) is 22.4 Å². The second-order valence-corrected chi connectivity index (χ2v) is 7.32. The second-order valence-electron chi connectivity index (χ2n) is 7.32. The van der Waals surface area contributed by atoms with Gasteiger partial charge in [0.2, 0.25) is 0 Å². The van der Waals surface area contributed by atoms with E-state index in [4.69, 9.17) is 18.9 Å². The first-order valence-electron chi connectivity index (χ1n) is 10.4. The number of ether oxygens (including phenoxy) is 4. The molecule has 1 aliphatic rings. The molecule has 1 aliphatic heterocycles. The lowest BCUT2D eigenvalue weighted by atomic mass is 9.95. The third kappa shape index (κ3) is 3.83. The number of carbonyl (C=O) groups excluding carboxylic acids is 1. The van der Waals surface area contributed by atoms with Crippen LogP contribution < -0.4 is 9.47 Å². The normalized spacial score (nSPS) is 15.3. The average Bonchev–Trinajstić information content (AvgIpc) is 3.37. The quantitative estimate of drug-likeness (QED) is 0.515. The van der Waals surface area contributed by atoms with E-state index in [1.54, 1.807) is 26.2 Å². The fourth-order valence-electron chi connectivity index (χ4n) is 4.10. The summed E-state index contributed by atoms with van der Waals surface area (Å²) in [5.41, 5.74) is 3.71. The fourth-order valence-corrected chi connectivity index (χ4v) is 4.10. The van der Waals surface area contributed by atoms with Gasteiger partial charge in [0.1, 0.15) is 17.2 Å². The molecule has 32 heavy (non-hydrogen) atoms.